The first-order valence-electron chi connectivity index (χ1n) is 15.9. The van der Waals surface area contributed by atoms with Crippen LogP contribution in [0.25, 0.3) is 10.9 Å². The number of pyridine rings is 1. The number of fused-ring (bicyclic) bond motifs is 1. The maximum Gasteiger partial charge on any atom is 0.259 e. The molecule has 3 aliphatic rings. The first kappa shape index (κ1) is 35.9. The number of sulfonamides is 1. The lowest BCUT2D eigenvalue weighted by atomic mass is 9.88. The monoisotopic (exact) mass is 750 g/mol. The summed E-state index contributed by atoms with van der Waals surface area (Å²) in [5, 5.41) is 14.4. The number of aliphatic hydroxyl groups excluding tert-OH is 1. The third kappa shape index (κ3) is 6.60. The maximum absolute atomic E-state index is 14.0. The predicted octanol–water partition coefficient (Wildman–Crippen LogP) is 3.22. The molecule has 2 saturated carbocycles. The van der Waals surface area contributed by atoms with Crippen LogP contribution in [-0.4, -0.2) is 89.9 Å². The molecule has 3 amide bonds. The molecular weight excluding hydrogens is 708 g/mol. The normalized spacial score (nSPS) is 25.2. The Hall–Kier alpha value is -3.43. The second-order valence-corrected chi connectivity index (χ2v) is 17.0. The molecule has 1 aliphatic heterocycles. The highest BCUT2D eigenvalue weighted by Crippen LogP contribution is 2.47. The number of halogens is 1. The van der Waals surface area contributed by atoms with E-state index < -0.39 is 67.6 Å². The van der Waals surface area contributed by atoms with E-state index >= 15 is 0 Å². The number of likely N-dealkylation sites (tertiary alicyclic amines) is 1. The number of carbonyl (C=O) groups excluding carboxylic acids is 3. The largest absolute Gasteiger partial charge is 0.495 e. The van der Waals surface area contributed by atoms with Crippen LogP contribution in [0.15, 0.2) is 35.3 Å². The van der Waals surface area contributed by atoms with Gasteiger partial charge in [0.2, 0.25) is 21.8 Å². The molecule has 2 heterocycles. The number of ether oxygens (including phenoxy) is 3. The van der Waals surface area contributed by atoms with E-state index in [1.54, 1.807) is 45.9 Å². The lowest BCUT2D eigenvalue weighted by Crippen LogP contribution is -2.58. The summed E-state index contributed by atoms with van der Waals surface area (Å²) in [6.45, 7) is 12.6. The number of hydrogen-bond donors (Lipinski definition) is 3. The summed E-state index contributed by atoms with van der Waals surface area (Å²) in [5.41, 5.74) is -1.87. The molecule has 3 N–H and O–H groups in total. The molecule has 1 aromatic heterocycles. The minimum atomic E-state index is -3.97. The van der Waals surface area contributed by atoms with E-state index in [4.69, 9.17) is 14.2 Å². The number of carbonyl (C=O) groups is 3. The molecule has 1 saturated heterocycles. The third-order valence-corrected chi connectivity index (χ3v) is 12.3. The molecule has 262 valence electrons. The fraction of sp³-hybridized carbons (Fsp3) is 0.576. The number of hydrogen-bond acceptors (Lipinski definition) is 10. The van der Waals surface area contributed by atoms with E-state index in [9.17, 15) is 27.9 Å². The molecule has 3 fully saturated rings. The van der Waals surface area contributed by atoms with Gasteiger partial charge in [-0.05, 0) is 66.6 Å². The Morgan fingerprint density at radius 1 is 1.25 bits per heavy atom. The first-order chi connectivity index (χ1) is 22.4. The Balaban J connectivity index is 1.45. The van der Waals surface area contributed by atoms with Gasteiger partial charge >= 0.3 is 0 Å². The molecule has 2 aromatic rings. The summed E-state index contributed by atoms with van der Waals surface area (Å²) in [6, 6.07) is 4.03. The van der Waals surface area contributed by atoms with Gasteiger partial charge in [-0.3, -0.25) is 19.1 Å². The highest BCUT2D eigenvalue weighted by atomic mass is 79.9. The topological polar surface area (TPSA) is 173 Å². The Labute approximate surface area is 288 Å². The van der Waals surface area contributed by atoms with Crippen molar-refractivity contribution in [1.29, 1.82) is 0 Å². The number of nitrogens with one attached hydrogen (secondary N) is 2. The highest BCUT2D eigenvalue weighted by Gasteiger charge is 2.63. The minimum absolute atomic E-state index is 0.0202. The van der Waals surface area contributed by atoms with Crippen LogP contribution >= 0.6 is 15.9 Å². The van der Waals surface area contributed by atoms with Crippen molar-refractivity contribution in [2.75, 3.05) is 20.3 Å². The van der Waals surface area contributed by atoms with Gasteiger partial charge in [-0.1, -0.05) is 26.8 Å². The standard InChI is InChI=1S/C33H43BrN4O9S/c1-8-18-16-33(18,30(42)37-48(43,44)32(6)12-13-32)36-28(40)21-14-19(17-38(21)29(41)27(39)31(3,4)5)47-23-15-24(46-9-2)35-26-20(23)10-11-22(45-7)25(26)34/h8,10-11,15,18-19,21,27,39H,1,9,12-14,16-17H2,2-7H3,(H,36,40)(H,37,42)/t18?,19-,21+,27-,33-/m1/s1. The van der Waals surface area contributed by atoms with Gasteiger partial charge in [-0.15, -0.1) is 6.58 Å². The van der Waals surface area contributed by atoms with Crippen molar-refractivity contribution < 1.29 is 42.1 Å². The predicted molar refractivity (Wildman–Crippen MR) is 181 cm³/mol. The molecule has 0 radical (unpaired) electrons. The first-order valence-corrected chi connectivity index (χ1v) is 18.2. The van der Waals surface area contributed by atoms with Crippen molar-refractivity contribution in [2.45, 2.75) is 88.8 Å². The average molecular weight is 752 g/mol. The zero-order valence-electron chi connectivity index (χ0n) is 28.0. The van der Waals surface area contributed by atoms with Crippen molar-refractivity contribution in [3.05, 3.63) is 35.3 Å². The van der Waals surface area contributed by atoms with Crippen LogP contribution in [-0.2, 0) is 24.4 Å². The van der Waals surface area contributed by atoms with Crippen LogP contribution in [0.2, 0.25) is 0 Å². The minimum Gasteiger partial charge on any atom is -0.495 e. The smallest absolute Gasteiger partial charge is 0.259 e. The van der Waals surface area contributed by atoms with Gasteiger partial charge in [0.05, 0.1) is 35.0 Å². The summed E-state index contributed by atoms with van der Waals surface area (Å²) < 4.78 is 45.1. The Morgan fingerprint density at radius 2 is 1.94 bits per heavy atom. The molecular formula is C33H43BrN4O9S. The summed E-state index contributed by atoms with van der Waals surface area (Å²) >= 11 is 3.54. The molecule has 13 nitrogen and oxygen atoms in total. The van der Waals surface area contributed by atoms with E-state index in [0.29, 0.717) is 52.2 Å². The van der Waals surface area contributed by atoms with Gasteiger partial charge in [-0.2, -0.15) is 0 Å². The number of benzene rings is 1. The van der Waals surface area contributed by atoms with E-state index in [0.717, 1.165) is 0 Å². The zero-order valence-corrected chi connectivity index (χ0v) is 30.4. The molecule has 5 rings (SSSR count). The summed E-state index contributed by atoms with van der Waals surface area (Å²) in [5.74, 6) is -1.47. The molecule has 2 aliphatic carbocycles. The zero-order chi connectivity index (χ0) is 35.4. The van der Waals surface area contributed by atoms with Gasteiger partial charge in [0.15, 0.2) is 0 Å². The van der Waals surface area contributed by atoms with Crippen LogP contribution in [0, 0.1) is 11.3 Å². The maximum atomic E-state index is 14.0. The van der Waals surface area contributed by atoms with Crippen LogP contribution in [0.5, 0.6) is 17.4 Å². The van der Waals surface area contributed by atoms with E-state index in [1.807, 2.05) is 6.92 Å². The third-order valence-electron chi connectivity index (χ3n) is 9.41. The molecule has 15 heteroatoms. The van der Waals surface area contributed by atoms with Crippen molar-refractivity contribution >= 4 is 54.6 Å². The summed E-state index contributed by atoms with van der Waals surface area (Å²) in [4.78, 5) is 47.1. The highest BCUT2D eigenvalue weighted by molar-refractivity contribution is 9.10. The number of aromatic nitrogens is 1. The van der Waals surface area contributed by atoms with Crippen LogP contribution < -0.4 is 24.2 Å². The average Bonchev–Trinajstić information content (AvgIpc) is 3.91. The molecule has 48 heavy (non-hydrogen) atoms. The second-order valence-electron chi connectivity index (χ2n) is 14.0. The second kappa shape index (κ2) is 12.8. The number of methoxy groups -OCH3 is 1. The number of nitrogens with zero attached hydrogens (tertiary/aromatic N) is 2. The Bertz CT molecular complexity index is 1760. The van der Waals surface area contributed by atoms with Crippen LogP contribution in [0.1, 0.15) is 60.3 Å². The lowest BCUT2D eigenvalue weighted by Gasteiger charge is -2.32. The summed E-state index contributed by atoms with van der Waals surface area (Å²) in [6.07, 6.45) is 0.367. The van der Waals surface area contributed by atoms with Crippen molar-refractivity contribution in [1.82, 2.24) is 19.9 Å². The van der Waals surface area contributed by atoms with Crippen LogP contribution in [0.3, 0.4) is 0 Å². The fourth-order valence-electron chi connectivity index (χ4n) is 5.86. The van der Waals surface area contributed by atoms with Crippen molar-refractivity contribution in [3.63, 3.8) is 0 Å². The van der Waals surface area contributed by atoms with Gasteiger partial charge in [0.25, 0.3) is 11.8 Å². The summed E-state index contributed by atoms with van der Waals surface area (Å²) in [7, 11) is -2.44. The van der Waals surface area contributed by atoms with Crippen molar-refractivity contribution in [2.24, 2.45) is 11.3 Å². The lowest BCUT2D eigenvalue weighted by molar-refractivity contribution is -0.150. The Morgan fingerprint density at radius 3 is 2.50 bits per heavy atom. The van der Waals surface area contributed by atoms with Crippen molar-refractivity contribution in [3.8, 4) is 17.4 Å². The molecule has 0 bridgehead atoms. The van der Waals surface area contributed by atoms with E-state index in [1.165, 1.54) is 18.1 Å². The molecule has 1 unspecified atom stereocenters. The number of aliphatic hydroxyl groups is 1. The molecule has 1 aromatic carbocycles. The number of amides is 3. The van der Waals surface area contributed by atoms with Gasteiger partial charge in [-0.25, -0.2) is 13.4 Å². The van der Waals surface area contributed by atoms with Gasteiger partial charge in [0, 0.05) is 23.8 Å². The Kier molecular flexibility index (Phi) is 9.56. The van der Waals surface area contributed by atoms with Crippen LogP contribution in [0.4, 0.5) is 0 Å². The van der Waals surface area contributed by atoms with E-state index in [-0.39, 0.29) is 19.4 Å². The van der Waals surface area contributed by atoms with Gasteiger partial charge in [0.1, 0.15) is 35.3 Å². The number of rotatable bonds is 12. The fourth-order valence-corrected chi connectivity index (χ4v) is 7.77. The molecule has 5 atom stereocenters. The quantitative estimate of drug-likeness (QED) is 0.274. The SMILES string of the molecule is C=CC1C[C@]1(NC(=O)[C@@H]1C[C@@H](Oc2cc(OCC)nc3c(Br)c(OC)ccc23)CN1C(=O)[C@@H](O)C(C)(C)C)C(=O)NS(=O)(=O)C1(C)CC1. The van der Waals surface area contributed by atoms with E-state index in [2.05, 4.69) is 37.5 Å². The van der Waals surface area contributed by atoms with Gasteiger partial charge < -0.3 is 29.5 Å². The molecule has 0 spiro atoms.